The fourth-order valence-electron chi connectivity index (χ4n) is 2.72. The molecule has 0 aliphatic rings. The zero-order valence-electron chi connectivity index (χ0n) is 17.0. The number of aryl methyl sites for hydroxylation is 1. The lowest BCUT2D eigenvalue weighted by atomic mass is 10.2. The van der Waals surface area contributed by atoms with Crippen molar-refractivity contribution in [3.8, 4) is 11.5 Å². The van der Waals surface area contributed by atoms with Crippen molar-refractivity contribution in [2.75, 3.05) is 12.4 Å². The van der Waals surface area contributed by atoms with Gasteiger partial charge in [-0.25, -0.2) is 14.6 Å². The Morgan fingerprint density at radius 3 is 2.61 bits per heavy atom. The first kappa shape index (κ1) is 22.3. The molecule has 0 spiro atoms. The van der Waals surface area contributed by atoms with Crippen LogP contribution in [0.3, 0.4) is 0 Å². The Balaban J connectivity index is 1.65. The van der Waals surface area contributed by atoms with E-state index in [1.54, 1.807) is 36.4 Å². The second kappa shape index (κ2) is 10.6. The smallest absolute Gasteiger partial charge is 0.339 e. The monoisotopic (exact) mass is 485 g/mol. The molecule has 3 aromatic rings. The molecule has 160 valence electrons. The zero-order valence-corrected chi connectivity index (χ0v) is 18.6. The van der Waals surface area contributed by atoms with E-state index in [2.05, 4.69) is 31.8 Å². The van der Waals surface area contributed by atoms with E-state index in [1.807, 2.05) is 25.1 Å². The molecule has 0 aromatic heterocycles. The van der Waals surface area contributed by atoms with Crippen molar-refractivity contribution in [3.05, 3.63) is 87.6 Å². The summed E-state index contributed by atoms with van der Waals surface area (Å²) in [6, 6.07) is 16.8. The highest BCUT2D eigenvalue weighted by molar-refractivity contribution is 9.10. The third-order valence-electron chi connectivity index (χ3n) is 4.39. The number of benzene rings is 3. The van der Waals surface area contributed by atoms with Crippen molar-refractivity contribution in [1.82, 2.24) is 5.43 Å². The molecule has 0 saturated carbocycles. The fraction of sp³-hybridized carbons (Fsp3) is 0.130. The molecule has 0 aliphatic heterocycles. The van der Waals surface area contributed by atoms with Crippen LogP contribution in [0.2, 0.25) is 0 Å². The van der Waals surface area contributed by atoms with Crippen LogP contribution in [0.25, 0.3) is 0 Å². The summed E-state index contributed by atoms with van der Waals surface area (Å²) >= 11 is 3.45. The van der Waals surface area contributed by atoms with Gasteiger partial charge in [0.25, 0.3) is 0 Å². The lowest BCUT2D eigenvalue weighted by molar-refractivity contribution is 0.252. The molecule has 0 unspecified atom stereocenters. The number of urea groups is 1. The Morgan fingerprint density at radius 1 is 1.13 bits per heavy atom. The number of carbonyl (C=O) groups is 1. The van der Waals surface area contributed by atoms with E-state index in [9.17, 15) is 9.18 Å². The zero-order chi connectivity index (χ0) is 22.2. The highest BCUT2D eigenvalue weighted by Gasteiger charge is 2.11. The van der Waals surface area contributed by atoms with Crippen LogP contribution in [0, 0.1) is 12.7 Å². The van der Waals surface area contributed by atoms with Crippen molar-refractivity contribution in [2.24, 2.45) is 5.10 Å². The van der Waals surface area contributed by atoms with E-state index >= 15 is 0 Å². The molecule has 0 fully saturated rings. The molecule has 0 aliphatic carbocycles. The molecular weight excluding hydrogens is 465 g/mol. The van der Waals surface area contributed by atoms with Gasteiger partial charge in [0.05, 0.1) is 13.3 Å². The molecule has 2 N–H and O–H groups in total. The Morgan fingerprint density at radius 2 is 1.87 bits per heavy atom. The third-order valence-corrected chi connectivity index (χ3v) is 5.07. The first-order valence-electron chi connectivity index (χ1n) is 9.37. The lowest BCUT2D eigenvalue weighted by Gasteiger charge is -2.13. The van der Waals surface area contributed by atoms with Gasteiger partial charge in [-0.15, -0.1) is 0 Å². The molecule has 31 heavy (non-hydrogen) atoms. The van der Waals surface area contributed by atoms with Crippen LogP contribution in [-0.2, 0) is 6.61 Å². The van der Waals surface area contributed by atoms with Crippen LogP contribution < -0.4 is 20.2 Å². The molecule has 6 nitrogen and oxygen atoms in total. The second-order valence-electron chi connectivity index (χ2n) is 6.54. The highest BCUT2D eigenvalue weighted by atomic mass is 79.9. The van der Waals surface area contributed by atoms with Crippen molar-refractivity contribution < 1.29 is 18.7 Å². The number of para-hydroxylation sites is 1. The van der Waals surface area contributed by atoms with Crippen LogP contribution in [0.15, 0.2) is 70.2 Å². The molecule has 0 saturated heterocycles. The maximum Gasteiger partial charge on any atom is 0.339 e. The number of amides is 2. The van der Waals surface area contributed by atoms with Crippen molar-refractivity contribution in [1.29, 1.82) is 0 Å². The topological polar surface area (TPSA) is 72.0 Å². The summed E-state index contributed by atoms with van der Waals surface area (Å²) in [6.07, 6.45) is 1.48. The summed E-state index contributed by atoms with van der Waals surface area (Å²) < 4.78 is 25.6. The second-order valence-corrected chi connectivity index (χ2v) is 7.40. The number of methoxy groups -OCH3 is 1. The first-order valence-corrected chi connectivity index (χ1v) is 10.2. The van der Waals surface area contributed by atoms with E-state index in [0.717, 1.165) is 5.56 Å². The van der Waals surface area contributed by atoms with Gasteiger partial charge >= 0.3 is 6.03 Å². The maximum atomic E-state index is 13.8. The van der Waals surface area contributed by atoms with E-state index in [4.69, 9.17) is 9.47 Å². The molecule has 3 aromatic carbocycles. The number of hydrogen-bond acceptors (Lipinski definition) is 4. The van der Waals surface area contributed by atoms with Gasteiger partial charge in [-0.05, 0) is 52.7 Å². The predicted octanol–water partition coefficient (Wildman–Crippen LogP) is 5.64. The lowest BCUT2D eigenvalue weighted by Crippen LogP contribution is -2.24. The van der Waals surface area contributed by atoms with E-state index in [0.29, 0.717) is 32.8 Å². The number of anilines is 1. The fourth-order valence-corrected chi connectivity index (χ4v) is 3.14. The molecule has 8 heteroatoms. The summed E-state index contributed by atoms with van der Waals surface area (Å²) in [5, 5.41) is 6.70. The summed E-state index contributed by atoms with van der Waals surface area (Å²) in [5.74, 6) is 0.560. The van der Waals surface area contributed by atoms with Crippen LogP contribution in [-0.4, -0.2) is 19.4 Å². The number of hydrogen-bond donors (Lipinski definition) is 2. The molecule has 0 atom stereocenters. The number of hydrazone groups is 1. The van der Waals surface area contributed by atoms with E-state index in [-0.39, 0.29) is 12.4 Å². The summed E-state index contributed by atoms with van der Waals surface area (Å²) in [4.78, 5) is 12.0. The minimum absolute atomic E-state index is 0.0591. The minimum atomic E-state index is -0.460. The first-order chi connectivity index (χ1) is 15.0. The number of nitrogens with one attached hydrogen (secondary N) is 2. The van der Waals surface area contributed by atoms with Crippen LogP contribution in [0.5, 0.6) is 11.5 Å². The van der Waals surface area contributed by atoms with Gasteiger partial charge in [0, 0.05) is 21.3 Å². The third kappa shape index (κ3) is 6.05. The van der Waals surface area contributed by atoms with Gasteiger partial charge in [0.15, 0.2) is 11.5 Å². The van der Waals surface area contributed by atoms with Gasteiger partial charge in [0.1, 0.15) is 12.4 Å². The molecule has 0 bridgehead atoms. The number of rotatable bonds is 7. The quantitative estimate of drug-likeness (QED) is 0.336. The average molecular weight is 486 g/mol. The van der Waals surface area contributed by atoms with Gasteiger partial charge in [-0.2, -0.15) is 5.10 Å². The average Bonchev–Trinajstić information content (AvgIpc) is 2.76. The molecule has 3 rings (SSSR count). The summed E-state index contributed by atoms with van der Waals surface area (Å²) in [7, 11) is 1.51. The summed E-state index contributed by atoms with van der Waals surface area (Å²) in [6.45, 7) is 1.96. The van der Waals surface area contributed by atoms with E-state index in [1.165, 1.54) is 19.4 Å². The number of carbonyl (C=O) groups excluding carboxylic acids is 1. The van der Waals surface area contributed by atoms with Gasteiger partial charge in [-0.1, -0.05) is 36.4 Å². The Hall–Kier alpha value is -3.39. The highest BCUT2D eigenvalue weighted by Crippen LogP contribution is 2.33. The Bertz CT molecular complexity index is 1110. The van der Waals surface area contributed by atoms with Gasteiger partial charge in [-0.3, -0.25) is 0 Å². The Labute approximate surface area is 188 Å². The van der Waals surface area contributed by atoms with Gasteiger partial charge < -0.3 is 14.8 Å². The normalized spacial score (nSPS) is 10.7. The molecule has 2 amide bonds. The molecule has 0 radical (unpaired) electrons. The van der Waals surface area contributed by atoms with Crippen LogP contribution in [0.4, 0.5) is 14.9 Å². The van der Waals surface area contributed by atoms with Crippen molar-refractivity contribution >= 4 is 33.9 Å². The van der Waals surface area contributed by atoms with E-state index < -0.39 is 6.03 Å². The van der Waals surface area contributed by atoms with Crippen molar-refractivity contribution in [3.63, 3.8) is 0 Å². The van der Waals surface area contributed by atoms with Crippen LogP contribution >= 0.6 is 15.9 Å². The summed E-state index contributed by atoms with van der Waals surface area (Å²) in [5.41, 5.74) is 5.17. The number of nitrogens with zero attached hydrogens (tertiary/aromatic N) is 1. The molecular formula is C23H21BrFN3O3. The molecule has 0 heterocycles. The minimum Gasteiger partial charge on any atom is -0.493 e. The SMILES string of the molecule is COc1cc(C=NNC(=O)Nc2ccccc2C)c(Br)cc1OCc1ccccc1F. The maximum absolute atomic E-state index is 13.8. The number of halogens is 2. The predicted molar refractivity (Wildman–Crippen MR) is 122 cm³/mol. The van der Waals surface area contributed by atoms with Crippen molar-refractivity contribution in [2.45, 2.75) is 13.5 Å². The van der Waals surface area contributed by atoms with Gasteiger partial charge in [0.2, 0.25) is 0 Å². The standard InChI is InChI=1S/C23H21BrFN3O3/c1-15-7-3-6-10-20(15)27-23(29)28-26-13-17-11-21(30-2)22(12-18(17)24)31-14-16-8-4-5-9-19(16)25/h3-13H,14H2,1-2H3,(H2,27,28,29). The number of ether oxygens (including phenoxy) is 2. The van der Waals surface area contributed by atoms with Crippen LogP contribution in [0.1, 0.15) is 16.7 Å². The Kier molecular flexibility index (Phi) is 7.61. The largest absolute Gasteiger partial charge is 0.493 e.